The molecule has 274 valence electrons. The first-order valence-electron chi connectivity index (χ1n) is 16.5. The van der Waals surface area contributed by atoms with E-state index in [1.807, 2.05) is 57.2 Å². The molecule has 1 fully saturated rings. The van der Waals surface area contributed by atoms with Crippen molar-refractivity contribution in [2.24, 2.45) is 5.41 Å². The Morgan fingerprint density at radius 3 is 2.39 bits per heavy atom. The number of hydrogen-bond donors (Lipinski definition) is 1. The van der Waals surface area contributed by atoms with Gasteiger partial charge in [0.25, 0.3) is 10.1 Å². The molecular weight excluding hydrogens is 656 g/mol. The van der Waals surface area contributed by atoms with Gasteiger partial charge >= 0.3 is 6.09 Å². The fourth-order valence-corrected chi connectivity index (χ4v) is 7.35. The van der Waals surface area contributed by atoms with E-state index in [9.17, 15) is 18.3 Å². The van der Waals surface area contributed by atoms with E-state index in [4.69, 9.17) is 32.6 Å². The summed E-state index contributed by atoms with van der Waals surface area (Å²) in [5.74, 6) is 1.03. The summed E-state index contributed by atoms with van der Waals surface area (Å²) in [7, 11) is 0.901. The summed E-state index contributed by atoms with van der Waals surface area (Å²) < 4.78 is 64.5. The Morgan fingerprint density at radius 1 is 1.04 bits per heavy atom. The van der Waals surface area contributed by atoms with E-state index in [0.29, 0.717) is 19.0 Å². The molecular formula is C35H52N2O11S. The van der Waals surface area contributed by atoms with Crippen molar-refractivity contribution >= 4 is 21.9 Å². The van der Waals surface area contributed by atoms with Crippen molar-refractivity contribution in [3.8, 4) is 11.5 Å². The van der Waals surface area contributed by atoms with Crippen LogP contribution in [-0.2, 0) is 39.9 Å². The number of nitrogens with zero attached hydrogens (tertiary/aromatic N) is 2. The Morgan fingerprint density at radius 2 is 1.78 bits per heavy atom. The Labute approximate surface area is 290 Å². The molecule has 0 bridgehead atoms. The smallest absolute Gasteiger partial charge is 0.407 e. The van der Waals surface area contributed by atoms with Crippen LogP contribution in [0.3, 0.4) is 0 Å². The summed E-state index contributed by atoms with van der Waals surface area (Å²) in [5, 5.41) is 10.5. The minimum absolute atomic E-state index is 0.0414. The quantitative estimate of drug-likeness (QED) is 0.195. The van der Waals surface area contributed by atoms with Gasteiger partial charge in [-0.1, -0.05) is 39.0 Å². The lowest BCUT2D eigenvalue weighted by Crippen LogP contribution is -2.64. The van der Waals surface area contributed by atoms with E-state index in [1.54, 1.807) is 14.2 Å². The standard InChI is InChI=1S/C35H52N2O11S/c1-35(2,3)33-32(47-23-27(22-43-5)48-49(7,40)41)31(25-10-12-26(44-6)13-11-25)30(20-37(33)34(38)39)46-21-24-9-14-29-28(19-24)36(16-18-45-29)15-8-17-42-4/h9-14,19,27,30-33H,8,15-18,20-23H2,1-7H3,(H,38,39)/t27-,30+,31-,32+,33?/m1/s1. The fraction of sp³-hybridized carbons (Fsp3) is 0.629. The number of likely N-dealkylation sites (tertiary alicyclic amines) is 1. The molecule has 1 N–H and O–H groups in total. The second-order valence-electron chi connectivity index (χ2n) is 13.6. The van der Waals surface area contributed by atoms with Gasteiger partial charge < -0.3 is 38.4 Å². The lowest BCUT2D eigenvalue weighted by molar-refractivity contribution is -0.147. The van der Waals surface area contributed by atoms with Gasteiger partial charge in [0, 0.05) is 33.3 Å². The third kappa shape index (κ3) is 10.4. The van der Waals surface area contributed by atoms with Crippen molar-refractivity contribution in [3.05, 3.63) is 53.6 Å². The third-order valence-corrected chi connectivity index (χ3v) is 9.39. The number of fused-ring (bicyclic) bond motifs is 1. The van der Waals surface area contributed by atoms with Gasteiger partial charge in [-0.2, -0.15) is 8.42 Å². The maximum atomic E-state index is 12.9. The number of amides is 1. The lowest BCUT2D eigenvalue weighted by Gasteiger charge is -2.52. The van der Waals surface area contributed by atoms with Gasteiger partial charge in [0.2, 0.25) is 0 Å². The van der Waals surface area contributed by atoms with Crippen LogP contribution in [0.1, 0.15) is 44.2 Å². The minimum Gasteiger partial charge on any atom is -0.497 e. The van der Waals surface area contributed by atoms with E-state index < -0.39 is 51.9 Å². The Balaban J connectivity index is 1.71. The molecule has 0 spiro atoms. The second-order valence-corrected chi connectivity index (χ2v) is 15.2. The van der Waals surface area contributed by atoms with Crippen molar-refractivity contribution in [1.29, 1.82) is 0 Å². The van der Waals surface area contributed by atoms with Gasteiger partial charge in [-0.3, -0.25) is 9.08 Å². The number of piperidine rings is 1. The van der Waals surface area contributed by atoms with Gasteiger partial charge in [-0.25, -0.2) is 4.79 Å². The zero-order valence-corrected chi connectivity index (χ0v) is 30.4. The number of methoxy groups -OCH3 is 3. The molecule has 2 aliphatic heterocycles. The molecule has 0 aromatic heterocycles. The monoisotopic (exact) mass is 708 g/mol. The predicted molar refractivity (Wildman–Crippen MR) is 184 cm³/mol. The molecule has 1 unspecified atom stereocenters. The number of carbonyl (C=O) groups is 1. The zero-order chi connectivity index (χ0) is 35.8. The first kappa shape index (κ1) is 38.7. The molecule has 2 aliphatic rings. The summed E-state index contributed by atoms with van der Waals surface area (Å²) in [5.41, 5.74) is 2.19. The van der Waals surface area contributed by atoms with Crippen LogP contribution >= 0.6 is 0 Å². The number of rotatable bonds is 16. The van der Waals surface area contributed by atoms with Crippen LogP contribution in [0, 0.1) is 5.41 Å². The molecule has 2 aromatic carbocycles. The van der Waals surface area contributed by atoms with E-state index in [1.165, 1.54) is 12.0 Å². The van der Waals surface area contributed by atoms with Crippen LogP contribution in [0.15, 0.2) is 42.5 Å². The molecule has 2 heterocycles. The Kier molecular flexibility index (Phi) is 13.6. The molecule has 0 saturated carbocycles. The van der Waals surface area contributed by atoms with Crippen molar-refractivity contribution in [2.75, 3.05) is 78.5 Å². The van der Waals surface area contributed by atoms with Crippen LogP contribution < -0.4 is 14.4 Å². The summed E-state index contributed by atoms with van der Waals surface area (Å²) in [4.78, 5) is 16.5. The number of carboxylic acid groups (broad SMARTS) is 1. The molecule has 14 heteroatoms. The molecule has 1 saturated heterocycles. The Bertz CT molecular complexity index is 1460. The number of ether oxygens (including phenoxy) is 6. The maximum absolute atomic E-state index is 12.9. The lowest BCUT2D eigenvalue weighted by atomic mass is 9.71. The predicted octanol–water partition coefficient (Wildman–Crippen LogP) is 4.38. The normalized spacial score (nSPS) is 21.9. The van der Waals surface area contributed by atoms with Gasteiger partial charge in [0.05, 0.1) is 70.2 Å². The molecule has 0 aliphatic carbocycles. The molecule has 0 radical (unpaired) electrons. The number of benzene rings is 2. The fourth-order valence-electron chi connectivity index (χ4n) is 6.74. The average molecular weight is 709 g/mol. The van der Waals surface area contributed by atoms with Crippen LogP contribution in [-0.4, -0.2) is 123 Å². The van der Waals surface area contributed by atoms with Crippen LogP contribution in [0.2, 0.25) is 0 Å². The molecule has 49 heavy (non-hydrogen) atoms. The van der Waals surface area contributed by atoms with Crippen molar-refractivity contribution in [1.82, 2.24) is 4.90 Å². The van der Waals surface area contributed by atoms with Crippen LogP contribution in [0.25, 0.3) is 0 Å². The SMILES string of the molecule is COCCCN1CCOc2ccc(CO[C@H]3CN(C(=O)O)C(C(C)(C)C)[C@@H](OC[C@@H](COC)OS(C)(=O)=O)[C@@H]3c3ccc(OC)cc3)cc21. The number of anilines is 1. The molecule has 2 aromatic rings. The third-order valence-electron chi connectivity index (χ3n) is 8.77. The van der Waals surface area contributed by atoms with Crippen LogP contribution in [0.4, 0.5) is 10.5 Å². The summed E-state index contributed by atoms with van der Waals surface area (Å²) in [6.45, 7) is 8.83. The molecule has 4 rings (SSSR count). The second kappa shape index (κ2) is 17.2. The van der Waals surface area contributed by atoms with Gasteiger partial charge in [0.15, 0.2) is 0 Å². The highest BCUT2D eigenvalue weighted by molar-refractivity contribution is 7.86. The van der Waals surface area contributed by atoms with E-state index in [0.717, 1.165) is 48.3 Å². The molecule has 13 nitrogen and oxygen atoms in total. The van der Waals surface area contributed by atoms with Crippen LogP contribution in [0.5, 0.6) is 11.5 Å². The molecule has 1 amide bonds. The summed E-state index contributed by atoms with van der Waals surface area (Å²) in [6, 6.07) is 12.9. The Hall–Kier alpha value is -3.14. The first-order chi connectivity index (χ1) is 23.2. The minimum atomic E-state index is -3.83. The number of hydrogen-bond acceptors (Lipinski definition) is 11. The van der Waals surface area contributed by atoms with Gasteiger partial charge in [-0.05, 0) is 47.2 Å². The summed E-state index contributed by atoms with van der Waals surface area (Å²) >= 11 is 0. The van der Waals surface area contributed by atoms with E-state index in [2.05, 4.69) is 11.0 Å². The van der Waals surface area contributed by atoms with Crippen molar-refractivity contribution < 1.29 is 50.9 Å². The van der Waals surface area contributed by atoms with Gasteiger partial charge in [0.1, 0.15) is 24.2 Å². The largest absolute Gasteiger partial charge is 0.497 e. The highest BCUT2D eigenvalue weighted by Gasteiger charge is 2.52. The maximum Gasteiger partial charge on any atom is 0.407 e. The van der Waals surface area contributed by atoms with E-state index in [-0.39, 0.29) is 26.4 Å². The highest BCUT2D eigenvalue weighted by Crippen LogP contribution is 2.43. The topological polar surface area (TPSA) is 143 Å². The highest BCUT2D eigenvalue weighted by atomic mass is 32.2. The van der Waals surface area contributed by atoms with E-state index >= 15 is 0 Å². The summed E-state index contributed by atoms with van der Waals surface area (Å²) in [6.07, 6.45) is -1.58. The van der Waals surface area contributed by atoms with Crippen molar-refractivity contribution in [3.63, 3.8) is 0 Å². The zero-order valence-electron chi connectivity index (χ0n) is 29.6. The van der Waals surface area contributed by atoms with Crippen molar-refractivity contribution in [2.45, 2.75) is 64.1 Å². The first-order valence-corrected chi connectivity index (χ1v) is 18.3. The average Bonchev–Trinajstić information content (AvgIpc) is 3.05. The van der Waals surface area contributed by atoms with Gasteiger partial charge in [-0.15, -0.1) is 0 Å². The molecule has 5 atom stereocenters.